The molecule has 0 saturated carbocycles. The second-order valence-corrected chi connectivity index (χ2v) is 7.01. The molecule has 0 bridgehead atoms. The molecule has 9 heteroatoms. The smallest absolute Gasteiger partial charge is 0.340 e. The first-order chi connectivity index (χ1) is 12.2. The van der Waals surface area contributed by atoms with Gasteiger partial charge in [-0.3, -0.25) is 9.59 Å². The maximum atomic E-state index is 12.8. The van der Waals surface area contributed by atoms with Crippen LogP contribution in [0.4, 0.5) is 13.2 Å². The number of benzene rings is 1. The van der Waals surface area contributed by atoms with Gasteiger partial charge in [-0.25, -0.2) is 0 Å². The molecule has 0 radical (unpaired) electrons. The molecule has 5 nitrogen and oxygen atoms in total. The van der Waals surface area contributed by atoms with Gasteiger partial charge in [0.2, 0.25) is 11.8 Å². The molecule has 27 heavy (non-hydrogen) atoms. The van der Waals surface area contributed by atoms with E-state index in [1.807, 2.05) is 6.92 Å². The maximum Gasteiger partial charge on any atom is 0.416 e. The number of nitrogens with one attached hydrogen (secondary N) is 1. The normalized spacial score (nSPS) is 23.3. The Morgan fingerprint density at radius 1 is 1.30 bits per heavy atom. The molecule has 3 rings (SSSR count). The van der Waals surface area contributed by atoms with Gasteiger partial charge in [-0.05, 0) is 24.6 Å². The van der Waals surface area contributed by atoms with E-state index >= 15 is 0 Å². The molecule has 2 atom stereocenters. The van der Waals surface area contributed by atoms with E-state index in [9.17, 15) is 22.8 Å². The van der Waals surface area contributed by atoms with Crippen LogP contribution in [0.25, 0.3) is 0 Å². The van der Waals surface area contributed by atoms with E-state index in [0.717, 1.165) is 18.7 Å². The highest BCUT2D eigenvalue weighted by Crippen LogP contribution is 2.30. The van der Waals surface area contributed by atoms with E-state index in [2.05, 4.69) is 5.32 Å². The van der Waals surface area contributed by atoms with Gasteiger partial charge in [-0.15, -0.1) is 12.4 Å². The lowest BCUT2D eigenvalue weighted by Crippen LogP contribution is -2.53. The highest BCUT2D eigenvalue weighted by molar-refractivity contribution is 5.89. The highest BCUT2D eigenvalue weighted by atomic mass is 35.5. The number of amides is 2. The summed E-state index contributed by atoms with van der Waals surface area (Å²) in [6.45, 7) is 4.29. The van der Waals surface area contributed by atoms with Crippen LogP contribution in [0.3, 0.4) is 0 Å². The van der Waals surface area contributed by atoms with Gasteiger partial charge in [0.15, 0.2) is 0 Å². The lowest BCUT2D eigenvalue weighted by atomic mass is 10.1. The van der Waals surface area contributed by atoms with E-state index in [4.69, 9.17) is 0 Å². The van der Waals surface area contributed by atoms with Gasteiger partial charge in [0.1, 0.15) is 0 Å². The molecule has 2 heterocycles. The Bertz CT molecular complexity index is 699. The van der Waals surface area contributed by atoms with Crippen molar-refractivity contribution >= 4 is 24.2 Å². The minimum atomic E-state index is -4.41. The molecule has 2 saturated heterocycles. The molecule has 150 valence electrons. The number of alkyl halides is 3. The monoisotopic (exact) mass is 405 g/mol. The van der Waals surface area contributed by atoms with Gasteiger partial charge < -0.3 is 15.1 Å². The van der Waals surface area contributed by atoms with Gasteiger partial charge in [-0.1, -0.05) is 12.1 Å². The fourth-order valence-corrected chi connectivity index (χ4v) is 3.55. The predicted molar refractivity (Wildman–Crippen MR) is 96.3 cm³/mol. The molecule has 2 fully saturated rings. The summed E-state index contributed by atoms with van der Waals surface area (Å²) in [4.78, 5) is 28.1. The third-order valence-corrected chi connectivity index (χ3v) is 4.87. The molecule has 0 aromatic heterocycles. The van der Waals surface area contributed by atoms with Crippen molar-refractivity contribution in [1.29, 1.82) is 0 Å². The first-order valence-corrected chi connectivity index (χ1v) is 8.70. The fourth-order valence-electron chi connectivity index (χ4n) is 3.55. The Hall–Kier alpha value is -1.80. The van der Waals surface area contributed by atoms with Crippen LogP contribution in [0.15, 0.2) is 24.3 Å². The number of rotatable bonds is 3. The number of piperazine rings is 1. The van der Waals surface area contributed by atoms with Gasteiger partial charge in [0.05, 0.1) is 11.5 Å². The number of carbonyl (C=O) groups excluding carboxylic acids is 2. The summed E-state index contributed by atoms with van der Waals surface area (Å²) in [5.74, 6) is -0.652. The van der Waals surface area contributed by atoms with Crippen molar-refractivity contribution in [2.45, 2.75) is 32.1 Å². The van der Waals surface area contributed by atoms with Gasteiger partial charge >= 0.3 is 6.18 Å². The largest absolute Gasteiger partial charge is 0.416 e. The second kappa shape index (κ2) is 8.48. The topological polar surface area (TPSA) is 52.7 Å². The van der Waals surface area contributed by atoms with E-state index in [1.165, 1.54) is 11.0 Å². The van der Waals surface area contributed by atoms with Gasteiger partial charge in [0, 0.05) is 45.2 Å². The van der Waals surface area contributed by atoms with Crippen molar-refractivity contribution in [3.05, 3.63) is 35.4 Å². The van der Waals surface area contributed by atoms with E-state index < -0.39 is 17.7 Å². The number of halogens is 4. The number of likely N-dealkylation sites (tertiary alicyclic amines) is 1. The van der Waals surface area contributed by atoms with Crippen molar-refractivity contribution in [1.82, 2.24) is 15.1 Å². The first kappa shape index (κ1) is 21.5. The average molecular weight is 406 g/mol. The lowest BCUT2D eigenvalue weighted by molar-refractivity contribution is -0.138. The van der Waals surface area contributed by atoms with Crippen molar-refractivity contribution in [3.8, 4) is 0 Å². The Morgan fingerprint density at radius 3 is 2.70 bits per heavy atom. The number of carbonyl (C=O) groups is 2. The summed E-state index contributed by atoms with van der Waals surface area (Å²) in [6, 6.07) is 5.18. The summed E-state index contributed by atoms with van der Waals surface area (Å²) < 4.78 is 38.5. The van der Waals surface area contributed by atoms with Crippen LogP contribution in [-0.4, -0.2) is 53.8 Å². The molecule has 2 amide bonds. The van der Waals surface area contributed by atoms with Crippen LogP contribution in [0.5, 0.6) is 0 Å². The Balaban J connectivity index is 0.00000261. The highest BCUT2D eigenvalue weighted by Gasteiger charge is 2.37. The Kier molecular flexibility index (Phi) is 6.75. The SMILES string of the molecule is CC1CN(C(=O)C2CC(=O)N(Cc3cccc(C(F)(F)F)c3)C2)CCN1.Cl. The standard InChI is InChI=1S/C18H22F3N3O2.ClH/c1-12-9-23(6-5-22-12)17(26)14-8-16(25)24(11-14)10-13-3-2-4-15(7-13)18(19,20)21;/h2-4,7,12,14,22H,5-6,8-11H2,1H3;1H. The third kappa shape index (κ3) is 5.13. The van der Waals surface area contributed by atoms with Crippen LogP contribution >= 0.6 is 12.4 Å². The number of hydrogen-bond acceptors (Lipinski definition) is 3. The first-order valence-electron chi connectivity index (χ1n) is 8.70. The Morgan fingerprint density at radius 2 is 2.04 bits per heavy atom. The third-order valence-electron chi connectivity index (χ3n) is 4.87. The van der Waals surface area contributed by atoms with E-state index in [0.29, 0.717) is 18.7 Å². The molecule has 0 aliphatic carbocycles. The fraction of sp³-hybridized carbons (Fsp3) is 0.556. The van der Waals surface area contributed by atoms with Crippen molar-refractivity contribution in [2.24, 2.45) is 5.92 Å². The summed E-state index contributed by atoms with van der Waals surface area (Å²) in [5.41, 5.74) is -0.318. The minimum Gasteiger partial charge on any atom is -0.340 e. The zero-order chi connectivity index (χ0) is 18.9. The quantitative estimate of drug-likeness (QED) is 0.839. The molecular formula is C18H23ClF3N3O2. The van der Waals surface area contributed by atoms with Gasteiger partial charge in [-0.2, -0.15) is 13.2 Å². The molecule has 1 aromatic rings. The number of hydrogen-bond donors (Lipinski definition) is 1. The predicted octanol–water partition coefficient (Wildman–Crippen LogP) is 2.30. The summed E-state index contributed by atoms with van der Waals surface area (Å²) in [5, 5.41) is 3.26. The molecule has 2 aliphatic rings. The summed E-state index contributed by atoms with van der Waals surface area (Å²) in [6.07, 6.45) is -4.29. The minimum absolute atomic E-state index is 0. The Labute approximate surface area is 162 Å². The zero-order valence-corrected chi connectivity index (χ0v) is 15.8. The molecule has 1 aromatic carbocycles. The molecule has 1 N–H and O–H groups in total. The van der Waals surface area contributed by atoms with Crippen LogP contribution in [0.1, 0.15) is 24.5 Å². The lowest BCUT2D eigenvalue weighted by Gasteiger charge is -2.33. The van der Waals surface area contributed by atoms with Crippen molar-refractivity contribution < 1.29 is 22.8 Å². The van der Waals surface area contributed by atoms with E-state index in [1.54, 1.807) is 11.0 Å². The summed E-state index contributed by atoms with van der Waals surface area (Å²) in [7, 11) is 0. The van der Waals surface area contributed by atoms with E-state index in [-0.39, 0.29) is 49.8 Å². The number of nitrogens with zero attached hydrogens (tertiary/aromatic N) is 2. The summed E-state index contributed by atoms with van der Waals surface area (Å²) >= 11 is 0. The van der Waals surface area contributed by atoms with Gasteiger partial charge in [0.25, 0.3) is 0 Å². The molecule has 2 aliphatic heterocycles. The van der Waals surface area contributed by atoms with Crippen LogP contribution < -0.4 is 5.32 Å². The molecule has 2 unspecified atom stereocenters. The molecular weight excluding hydrogens is 383 g/mol. The second-order valence-electron chi connectivity index (χ2n) is 7.01. The van der Waals surface area contributed by atoms with Crippen molar-refractivity contribution in [2.75, 3.05) is 26.2 Å². The van der Waals surface area contributed by atoms with Crippen molar-refractivity contribution in [3.63, 3.8) is 0 Å². The maximum absolute atomic E-state index is 12.8. The average Bonchev–Trinajstić information content (AvgIpc) is 2.94. The van der Waals surface area contributed by atoms with Crippen LogP contribution in [0.2, 0.25) is 0 Å². The van der Waals surface area contributed by atoms with Crippen LogP contribution in [0, 0.1) is 5.92 Å². The zero-order valence-electron chi connectivity index (χ0n) is 15.0. The molecule has 0 spiro atoms. The van der Waals surface area contributed by atoms with Crippen LogP contribution in [-0.2, 0) is 22.3 Å².